The molecule has 2 heterocycles. The first-order valence-electron chi connectivity index (χ1n) is 7.11. The van der Waals surface area contributed by atoms with Crippen molar-refractivity contribution in [3.63, 3.8) is 0 Å². The summed E-state index contributed by atoms with van der Waals surface area (Å²) in [5.41, 5.74) is 1.26. The minimum atomic E-state index is -0.438. The molecule has 0 saturated carbocycles. The standard InChI is InChI=1S/C16H17FN2O2S/c1-11-8-19(9-15(21-11)12-6-7-22-10-12)16(20)18-14-5-3-2-4-13(14)17/h2-7,10-11,15H,8-9H2,1H3,(H,18,20)/t11-,15-/m1/s1. The first-order valence-corrected chi connectivity index (χ1v) is 8.06. The molecule has 0 unspecified atom stereocenters. The van der Waals surface area contributed by atoms with Gasteiger partial charge in [0, 0.05) is 6.54 Å². The summed E-state index contributed by atoms with van der Waals surface area (Å²) < 4.78 is 19.5. The van der Waals surface area contributed by atoms with Gasteiger partial charge < -0.3 is 15.0 Å². The van der Waals surface area contributed by atoms with Crippen molar-refractivity contribution in [2.24, 2.45) is 0 Å². The van der Waals surface area contributed by atoms with E-state index >= 15 is 0 Å². The quantitative estimate of drug-likeness (QED) is 0.912. The van der Waals surface area contributed by atoms with Crippen LogP contribution in [0.15, 0.2) is 41.1 Å². The zero-order valence-corrected chi connectivity index (χ0v) is 13.0. The number of para-hydroxylation sites is 1. The van der Waals surface area contributed by atoms with E-state index in [-0.39, 0.29) is 23.9 Å². The average molecular weight is 320 g/mol. The molecule has 2 aromatic rings. The molecular formula is C16H17FN2O2S. The number of rotatable bonds is 2. The van der Waals surface area contributed by atoms with E-state index < -0.39 is 5.82 Å². The molecule has 0 radical (unpaired) electrons. The highest BCUT2D eigenvalue weighted by atomic mass is 32.1. The Bertz CT molecular complexity index is 647. The van der Waals surface area contributed by atoms with Gasteiger partial charge in [0.1, 0.15) is 11.9 Å². The molecule has 0 aliphatic carbocycles. The van der Waals surface area contributed by atoms with Gasteiger partial charge in [-0.05, 0) is 41.4 Å². The number of amides is 2. The fraction of sp³-hybridized carbons (Fsp3) is 0.312. The smallest absolute Gasteiger partial charge is 0.322 e. The summed E-state index contributed by atoms with van der Waals surface area (Å²) in [5.74, 6) is -0.438. The van der Waals surface area contributed by atoms with E-state index in [1.807, 2.05) is 23.8 Å². The monoisotopic (exact) mass is 320 g/mol. The summed E-state index contributed by atoms with van der Waals surface area (Å²) in [7, 11) is 0. The Hall–Kier alpha value is -1.92. The topological polar surface area (TPSA) is 41.6 Å². The van der Waals surface area contributed by atoms with Crippen LogP contribution in [0.1, 0.15) is 18.6 Å². The van der Waals surface area contributed by atoms with Gasteiger partial charge in [-0.3, -0.25) is 0 Å². The summed E-state index contributed by atoms with van der Waals surface area (Å²) in [6.45, 7) is 2.88. The predicted molar refractivity (Wildman–Crippen MR) is 84.6 cm³/mol. The average Bonchev–Trinajstić information content (AvgIpc) is 3.03. The number of anilines is 1. The number of ether oxygens (including phenoxy) is 1. The third-order valence-electron chi connectivity index (χ3n) is 3.58. The lowest BCUT2D eigenvalue weighted by Gasteiger charge is -2.36. The summed E-state index contributed by atoms with van der Waals surface area (Å²) in [4.78, 5) is 14.0. The molecule has 1 aromatic carbocycles. The van der Waals surface area contributed by atoms with E-state index in [9.17, 15) is 9.18 Å². The molecule has 1 saturated heterocycles. The van der Waals surface area contributed by atoms with Crippen LogP contribution in [-0.2, 0) is 4.74 Å². The van der Waals surface area contributed by atoms with Crippen LogP contribution in [-0.4, -0.2) is 30.1 Å². The van der Waals surface area contributed by atoms with Gasteiger partial charge in [0.05, 0.1) is 18.3 Å². The minimum absolute atomic E-state index is 0.0648. The molecule has 1 aromatic heterocycles. The minimum Gasteiger partial charge on any atom is -0.367 e. The second-order valence-corrected chi connectivity index (χ2v) is 6.09. The Balaban J connectivity index is 1.70. The van der Waals surface area contributed by atoms with Crippen LogP contribution in [0.2, 0.25) is 0 Å². The molecule has 2 atom stereocenters. The maximum atomic E-state index is 13.6. The van der Waals surface area contributed by atoms with Crippen LogP contribution in [0.3, 0.4) is 0 Å². The molecule has 1 aliphatic rings. The van der Waals surface area contributed by atoms with Gasteiger partial charge >= 0.3 is 6.03 Å². The zero-order chi connectivity index (χ0) is 15.5. The predicted octanol–water partition coefficient (Wildman–Crippen LogP) is 3.88. The highest BCUT2D eigenvalue weighted by Crippen LogP contribution is 2.27. The lowest BCUT2D eigenvalue weighted by Crippen LogP contribution is -2.47. The second kappa shape index (κ2) is 6.46. The van der Waals surface area contributed by atoms with Crippen molar-refractivity contribution in [1.82, 2.24) is 4.90 Å². The van der Waals surface area contributed by atoms with E-state index in [0.717, 1.165) is 5.56 Å². The molecule has 116 valence electrons. The van der Waals surface area contributed by atoms with Crippen molar-refractivity contribution in [3.05, 3.63) is 52.5 Å². The van der Waals surface area contributed by atoms with Crippen molar-refractivity contribution in [1.29, 1.82) is 0 Å². The number of benzene rings is 1. The SMILES string of the molecule is C[C@@H]1CN(C(=O)Nc2ccccc2F)C[C@H](c2ccsc2)O1. The fourth-order valence-corrected chi connectivity index (χ4v) is 3.22. The maximum Gasteiger partial charge on any atom is 0.322 e. The van der Waals surface area contributed by atoms with Gasteiger partial charge in [0.15, 0.2) is 0 Å². The number of thiophene rings is 1. The summed E-state index contributed by atoms with van der Waals surface area (Å²) >= 11 is 1.60. The Morgan fingerprint density at radius 1 is 1.36 bits per heavy atom. The van der Waals surface area contributed by atoms with E-state index in [1.165, 1.54) is 6.07 Å². The maximum absolute atomic E-state index is 13.6. The summed E-state index contributed by atoms with van der Waals surface area (Å²) in [6.07, 6.45) is -0.202. The molecule has 1 fully saturated rings. The molecule has 6 heteroatoms. The number of morpholine rings is 1. The number of nitrogens with one attached hydrogen (secondary N) is 1. The molecule has 1 N–H and O–H groups in total. The van der Waals surface area contributed by atoms with E-state index in [2.05, 4.69) is 5.32 Å². The molecule has 2 amide bonds. The fourth-order valence-electron chi connectivity index (χ4n) is 2.52. The Morgan fingerprint density at radius 3 is 2.91 bits per heavy atom. The summed E-state index contributed by atoms with van der Waals surface area (Å²) in [5, 5.41) is 6.64. The van der Waals surface area contributed by atoms with Crippen molar-refractivity contribution in [3.8, 4) is 0 Å². The lowest BCUT2D eigenvalue weighted by atomic mass is 10.1. The number of hydrogen-bond donors (Lipinski definition) is 1. The van der Waals surface area contributed by atoms with Gasteiger partial charge in [-0.2, -0.15) is 11.3 Å². The lowest BCUT2D eigenvalue weighted by molar-refractivity contribution is -0.0640. The highest BCUT2D eigenvalue weighted by molar-refractivity contribution is 7.07. The molecule has 1 aliphatic heterocycles. The molecule has 3 rings (SSSR count). The van der Waals surface area contributed by atoms with Crippen LogP contribution in [0.5, 0.6) is 0 Å². The number of carbonyl (C=O) groups is 1. The van der Waals surface area contributed by atoms with Gasteiger partial charge in [-0.25, -0.2) is 9.18 Å². The van der Waals surface area contributed by atoms with Crippen LogP contribution < -0.4 is 5.32 Å². The Kier molecular flexibility index (Phi) is 4.40. The van der Waals surface area contributed by atoms with Crippen LogP contribution in [0.4, 0.5) is 14.9 Å². The third-order valence-corrected chi connectivity index (χ3v) is 4.28. The first-order chi connectivity index (χ1) is 10.6. The number of nitrogens with zero attached hydrogens (tertiary/aromatic N) is 1. The van der Waals surface area contributed by atoms with Crippen LogP contribution in [0.25, 0.3) is 0 Å². The molecular weight excluding hydrogens is 303 g/mol. The van der Waals surface area contributed by atoms with Crippen LogP contribution in [0, 0.1) is 5.82 Å². The zero-order valence-electron chi connectivity index (χ0n) is 12.2. The highest BCUT2D eigenvalue weighted by Gasteiger charge is 2.29. The Labute approximate surface area is 132 Å². The molecule has 22 heavy (non-hydrogen) atoms. The number of urea groups is 1. The normalized spacial score (nSPS) is 21.6. The Morgan fingerprint density at radius 2 is 2.18 bits per heavy atom. The van der Waals surface area contributed by atoms with E-state index in [1.54, 1.807) is 34.4 Å². The number of hydrogen-bond acceptors (Lipinski definition) is 3. The number of carbonyl (C=O) groups excluding carboxylic acids is 1. The van der Waals surface area contributed by atoms with E-state index in [4.69, 9.17) is 4.74 Å². The van der Waals surface area contributed by atoms with Gasteiger partial charge in [-0.15, -0.1) is 0 Å². The van der Waals surface area contributed by atoms with Gasteiger partial charge in [0.25, 0.3) is 0 Å². The molecule has 4 nitrogen and oxygen atoms in total. The largest absolute Gasteiger partial charge is 0.367 e. The van der Waals surface area contributed by atoms with Crippen molar-refractivity contribution in [2.45, 2.75) is 19.1 Å². The van der Waals surface area contributed by atoms with Gasteiger partial charge in [0.2, 0.25) is 0 Å². The van der Waals surface area contributed by atoms with Crippen molar-refractivity contribution in [2.75, 3.05) is 18.4 Å². The van der Waals surface area contributed by atoms with E-state index in [0.29, 0.717) is 13.1 Å². The number of halogens is 1. The third kappa shape index (κ3) is 3.28. The molecule has 0 bridgehead atoms. The molecule has 0 spiro atoms. The summed E-state index contributed by atoms with van der Waals surface area (Å²) in [6, 6.07) is 7.85. The van der Waals surface area contributed by atoms with Crippen molar-refractivity contribution >= 4 is 23.1 Å². The van der Waals surface area contributed by atoms with Gasteiger partial charge in [-0.1, -0.05) is 12.1 Å². The van der Waals surface area contributed by atoms with Crippen LogP contribution >= 0.6 is 11.3 Å². The second-order valence-electron chi connectivity index (χ2n) is 5.31. The first kappa shape index (κ1) is 15.0. The van der Waals surface area contributed by atoms with Crippen molar-refractivity contribution < 1.29 is 13.9 Å².